The van der Waals surface area contributed by atoms with E-state index in [4.69, 9.17) is 10.7 Å². The molecule has 0 aliphatic carbocycles. The highest BCUT2D eigenvalue weighted by molar-refractivity contribution is 6.00. The van der Waals surface area contributed by atoms with Crippen molar-refractivity contribution in [2.75, 3.05) is 0 Å². The summed E-state index contributed by atoms with van der Waals surface area (Å²) in [6.07, 6.45) is 5.33. The van der Waals surface area contributed by atoms with Crippen molar-refractivity contribution in [3.8, 4) is 16.9 Å². The molecule has 0 saturated carbocycles. The van der Waals surface area contributed by atoms with Gasteiger partial charge < -0.3 is 10.7 Å². The molecule has 0 radical (unpaired) electrons. The number of H-pyrrole nitrogens is 1. The van der Waals surface area contributed by atoms with Gasteiger partial charge in [0.1, 0.15) is 11.0 Å². The summed E-state index contributed by atoms with van der Waals surface area (Å²) in [5, 5.41) is 4.22. The Morgan fingerprint density at radius 2 is 1.83 bits per heavy atom. The van der Waals surface area contributed by atoms with Gasteiger partial charge in [0.05, 0.1) is 34.8 Å². The molecule has 0 fully saturated rings. The summed E-state index contributed by atoms with van der Waals surface area (Å²) in [4.78, 5) is 25.0. The highest BCUT2D eigenvalue weighted by Gasteiger charge is 2.17. The van der Waals surface area contributed by atoms with E-state index >= 15 is 0 Å². The topological polar surface area (TPSA) is 107 Å². The summed E-state index contributed by atoms with van der Waals surface area (Å²) in [7, 11) is 1.86. The average molecular weight is 399 g/mol. The molecular formula is C22H21N7O. The summed E-state index contributed by atoms with van der Waals surface area (Å²) in [6, 6.07) is 11.5. The van der Waals surface area contributed by atoms with Crippen molar-refractivity contribution in [3.63, 3.8) is 0 Å². The zero-order valence-electron chi connectivity index (χ0n) is 16.9. The van der Waals surface area contributed by atoms with Crippen molar-refractivity contribution >= 4 is 22.1 Å². The summed E-state index contributed by atoms with van der Waals surface area (Å²) < 4.78 is 3.36. The number of rotatable bonds is 3. The van der Waals surface area contributed by atoms with Gasteiger partial charge in [-0.2, -0.15) is 5.10 Å². The maximum Gasteiger partial charge on any atom is 0.331 e. The second kappa shape index (κ2) is 6.36. The Bertz CT molecular complexity index is 1450. The van der Waals surface area contributed by atoms with Crippen LogP contribution < -0.4 is 11.4 Å². The van der Waals surface area contributed by atoms with E-state index < -0.39 is 5.54 Å². The molecule has 0 bridgehead atoms. The molecule has 0 amide bonds. The van der Waals surface area contributed by atoms with Gasteiger partial charge in [0, 0.05) is 24.3 Å². The number of imidazole rings is 1. The van der Waals surface area contributed by atoms with E-state index in [2.05, 4.69) is 15.1 Å². The molecule has 0 spiro atoms. The molecule has 0 saturated heterocycles. The van der Waals surface area contributed by atoms with Gasteiger partial charge in [-0.1, -0.05) is 12.1 Å². The van der Waals surface area contributed by atoms with E-state index in [0.717, 1.165) is 22.5 Å². The predicted molar refractivity (Wildman–Crippen MR) is 116 cm³/mol. The quantitative estimate of drug-likeness (QED) is 0.485. The number of hydrogen-bond acceptors (Lipinski definition) is 5. The number of aromatic amines is 1. The lowest BCUT2D eigenvalue weighted by Crippen LogP contribution is -2.28. The third-order valence-corrected chi connectivity index (χ3v) is 5.22. The minimum Gasteiger partial charge on any atom is -0.322 e. The first-order chi connectivity index (χ1) is 14.3. The van der Waals surface area contributed by atoms with E-state index in [0.29, 0.717) is 22.1 Å². The monoisotopic (exact) mass is 399 g/mol. The number of nitrogens with two attached hydrogens (primary N) is 1. The minimum atomic E-state index is -0.458. The highest BCUT2D eigenvalue weighted by atomic mass is 16.1. The van der Waals surface area contributed by atoms with Gasteiger partial charge in [-0.05, 0) is 43.7 Å². The Labute approximate surface area is 172 Å². The Hall–Kier alpha value is -3.78. The molecule has 150 valence electrons. The van der Waals surface area contributed by atoms with Gasteiger partial charge in [-0.3, -0.25) is 14.2 Å². The predicted octanol–water partition coefficient (Wildman–Crippen LogP) is 2.86. The Morgan fingerprint density at radius 3 is 2.50 bits per heavy atom. The largest absolute Gasteiger partial charge is 0.331 e. The number of benzene rings is 1. The third kappa shape index (κ3) is 2.89. The number of pyridine rings is 2. The average Bonchev–Trinajstić information content (AvgIpc) is 3.29. The van der Waals surface area contributed by atoms with Crippen LogP contribution in [0.4, 0.5) is 0 Å². The lowest BCUT2D eigenvalue weighted by Gasteiger charge is -2.19. The molecule has 5 aromatic rings. The Morgan fingerprint density at radius 1 is 1.07 bits per heavy atom. The molecule has 4 heterocycles. The molecule has 8 nitrogen and oxygen atoms in total. The van der Waals surface area contributed by atoms with E-state index in [1.165, 1.54) is 0 Å². The van der Waals surface area contributed by atoms with Crippen LogP contribution in [-0.4, -0.2) is 29.3 Å². The molecule has 3 N–H and O–H groups in total. The van der Waals surface area contributed by atoms with Crippen LogP contribution in [0.1, 0.15) is 19.4 Å². The van der Waals surface area contributed by atoms with Gasteiger partial charge in [0.15, 0.2) is 0 Å². The summed E-state index contributed by atoms with van der Waals surface area (Å²) in [5.74, 6) is 0. The van der Waals surface area contributed by atoms with Crippen molar-refractivity contribution < 1.29 is 0 Å². The summed E-state index contributed by atoms with van der Waals surface area (Å²) in [5.41, 5.74) is 11.6. The zero-order valence-corrected chi connectivity index (χ0v) is 16.9. The highest BCUT2D eigenvalue weighted by Crippen LogP contribution is 2.26. The van der Waals surface area contributed by atoms with Crippen LogP contribution in [0.5, 0.6) is 0 Å². The van der Waals surface area contributed by atoms with E-state index in [1.807, 2.05) is 63.5 Å². The zero-order chi connectivity index (χ0) is 21.0. The number of aromatic nitrogens is 6. The fraction of sp³-hybridized carbons (Fsp3) is 0.182. The molecule has 5 rings (SSSR count). The van der Waals surface area contributed by atoms with Gasteiger partial charge in [-0.25, -0.2) is 9.78 Å². The standard InChI is InChI=1S/C22H21N7O/c1-22(2,23)14-4-6-15(7-5-14)29-20-18(27-21(29)30)11-24-17-9-8-16(26-19(17)20)13-10-25-28(3)12-13/h4-12H,23H2,1-3H3,(H,27,30). The van der Waals surface area contributed by atoms with E-state index in [-0.39, 0.29) is 5.69 Å². The first-order valence-electron chi connectivity index (χ1n) is 9.60. The van der Waals surface area contributed by atoms with Crippen LogP contribution in [0, 0.1) is 0 Å². The SMILES string of the molecule is Cn1cc(-c2ccc3ncc4[nH]c(=O)n(-c5ccc(C(C)(C)N)cc5)c4c3n2)cn1. The van der Waals surface area contributed by atoms with Crippen molar-refractivity contribution in [1.82, 2.24) is 29.3 Å². The maximum absolute atomic E-state index is 12.8. The second-order valence-electron chi connectivity index (χ2n) is 8.02. The summed E-state index contributed by atoms with van der Waals surface area (Å²) in [6.45, 7) is 3.89. The van der Waals surface area contributed by atoms with Crippen molar-refractivity contribution in [3.05, 3.63) is 71.0 Å². The normalized spacial score (nSPS) is 12.1. The first-order valence-corrected chi connectivity index (χ1v) is 9.60. The van der Waals surface area contributed by atoms with Crippen LogP contribution >= 0.6 is 0 Å². The molecule has 0 unspecified atom stereocenters. The lowest BCUT2D eigenvalue weighted by molar-refractivity contribution is 0.554. The van der Waals surface area contributed by atoms with Gasteiger partial charge in [0.2, 0.25) is 0 Å². The molecular weight excluding hydrogens is 378 g/mol. The van der Waals surface area contributed by atoms with Crippen LogP contribution in [0.3, 0.4) is 0 Å². The number of aryl methyl sites for hydroxylation is 1. The number of nitrogens with zero attached hydrogens (tertiary/aromatic N) is 5. The fourth-order valence-electron chi connectivity index (χ4n) is 3.64. The fourth-order valence-corrected chi connectivity index (χ4v) is 3.64. The van der Waals surface area contributed by atoms with Gasteiger partial charge in [-0.15, -0.1) is 0 Å². The maximum atomic E-state index is 12.8. The molecule has 30 heavy (non-hydrogen) atoms. The van der Waals surface area contributed by atoms with E-state index in [9.17, 15) is 4.79 Å². The smallest absolute Gasteiger partial charge is 0.322 e. The van der Waals surface area contributed by atoms with Crippen LogP contribution in [0.2, 0.25) is 0 Å². The van der Waals surface area contributed by atoms with Crippen LogP contribution in [-0.2, 0) is 12.6 Å². The number of nitrogens with one attached hydrogen (secondary N) is 1. The first kappa shape index (κ1) is 18.3. The van der Waals surface area contributed by atoms with Gasteiger partial charge in [0.25, 0.3) is 0 Å². The Balaban J connectivity index is 1.77. The second-order valence-corrected chi connectivity index (χ2v) is 8.02. The molecule has 4 aromatic heterocycles. The molecule has 0 aliphatic heterocycles. The van der Waals surface area contributed by atoms with Crippen molar-refractivity contribution in [2.24, 2.45) is 12.8 Å². The third-order valence-electron chi connectivity index (χ3n) is 5.22. The van der Waals surface area contributed by atoms with Gasteiger partial charge >= 0.3 is 5.69 Å². The lowest BCUT2D eigenvalue weighted by atomic mass is 9.95. The molecule has 0 atom stereocenters. The van der Waals surface area contributed by atoms with Crippen molar-refractivity contribution in [2.45, 2.75) is 19.4 Å². The summed E-state index contributed by atoms with van der Waals surface area (Å²) >= 11 is 0. The number of fused-ring (bicyclic) bond motifs is 3. The van der Waals surface area contributed by atoms with Crippen LogP contribution in [0.25, 0.3) is 39.0 Å². The molecule has 8 heteroatoms. The molecule has 0 aliphatic rings. The Kier molecular flexibility index (Phi) is 3.87. The minimum absolute atomic E-state index is 0.243. The molecule has 1 aromatic carbocycles. The van der Waals surface area contributed by atoms with Crippen LogP contribution in [0.15, 0.2) is 59.8 Å². The number of hydrogen-bond donors (Lipinski definition) is 2. The van der Waals surface area contributed by atoms with Crippen molar-refractivity contribution in [1.29, 1.82) is 0 Å². The van der Waals surface area contributed by atoms with E-state index in [1.54, 1.807) is 21.6 Å².